The summed E-state index contributed by atoms with van der Waals surface area (Å²) >= 11 is 0. The number of nitrogens with zero attached hydrogens (tertiary/aromatic N) is 3. The number of carbonyl (C=O) groups is 2. The number of rotatable bonds is 7. The Balaban J connectivity index is 1.27. The lowest BCUT2D eigenvalue weighted by Gasteiger charge is -2.34. The van der Waals surface area contributed by atoms with Gasteiger partial charge in [0.25, 0.3) is 0 Å². The first-order valence-electron chi connectivity index (χ1n) is 9.85. The molecular formula is C20H27N3O4. The molecule has 0 spiro atoms. The molecule has 2 aliphatic heterocycles. The van der Waals surface area contributed by atoms with Crippen LogP contribution in [0.25, 0.3) is 0 Å². The molecule has 7 heteroatoms. The van der Waals surface area contributed by atoms with E-state index in [1.165, 1.54) is 12.8 Å². The third-order valence-electron chi connectivity index (χ3n) is 5.45. The van der Waals surface area contributed by atoms with Gasteiger partial charge in [0.1, 0.15) is 0 Å². The molecule has 1 aromatic heterocycles. The molecule has 2 amide bonds. The van der Waals surface area contributed by atoms with Gasteiger partial charge in [-0.15, -0.1) is 0 Å². The van der Waals surface area contributed by atoms with Crippen LogP contribution in [0.4, 0.5) is 0 Å². The average molecular weight is 373 g/mol. The zero-order valence-corrected chi connectivity index (χ0v) is 15.6. The second kappa shape index (κ2) is 8.35. The number of likely N-dealkylation sites (tertiary alicyclic amines) is 1. The Bertz CT molecular complexity index is 664. The second-order valence-corrected chi connectivity index (χ2v) is 7.75. The molecule has 4 rings (SSSR count). The van der Waals surface area contributed by atoms with Crippen LogP contribution in [0.15, 0.2) is 24.4 Å². The number of aromatic nitrogens is 1. The van der Waals surface area contributed by atoms with Gasteiger partial charge < -0.3 is 19.3 Å². The van der Waals surface area contributed by atoms with E-state index in [2.05, 4.69) is 4.98 Å². The van der Waals surface area contributed by atoms with E-state index < -0.39 is 0 Å². The minimum atomic E-state index is -0.271. The second-order valence-electron chi connectivity index (χ2n) is 7.75. The van der Waals surface area contributed by atoms with Crippen LogP contribution in [0.5, 0.6) is 0 Å². The average Bonchev–Trinajstić information content (AvgIpc) is 3.45. The molecule has 27 heavy (non-hydrogen) atoms. The lowest BCUT2D eigenvalue weighted by Crippen LogP contribution is -2.49. The van der Waals surface area contributed by atoms with Gasteiger partial charge in [-0.3, -0.25) is 14.6 Å². The standard InChI is InChI=1S/C20H27N3O4/c24-19-9-16(10-23(19)11-17-3-1-2-6-21-17)20(25)22-7-8-27-18(12-22)14-26-13-15-4-5-15/h1-3,6,15-16,18H,4-5,7-14H2/t16-,18-/m1/s1. The molecule has 1 saturated carbocycles. The summed E-state index contributed by atoms with van der Waals surface area (Å²) in [6.07, 6.45) is 4.47. The van der Waals surface area contributed by atoms with Crippen LogP contribution >= 0.6 is 0 Å². The summed E-state index contributed by atoms with van der Waals surface area (Å²) in [6, 6.07) is 5.66. The molecular weight excluding hydrogens is 346 g/mol. The molecule has 0 radical (unpaired) electrons. The zero-order valence-electron chi connectivity index (χ0n) is 15.6. The Labute approximate surface area is 159 Å². The van der Waals surface area contributed by atoms with Crippen LogP contribution in [0.1, 0.15) is 25.0 Å². The number of amides is 2. The van der Waals surface area contributed by atoms with E-state index in [4.69, 9.17) is 9.47 Å². The van der Waals surface area contributed by atoms with Gasteiger partial charge in [-0.05, 0) is 30.9 Å². The third kappa shape index (κ3) is 4.84. The van der Waals surface area contributed by atoms with Gasteiger partial charge in [0.2, 0.25) is 11.8 Å². The van der Waals surface area contributed by atoms with Gasteiger partial charge >= 0.3 is 0 Å². The SMILES string of the molecule is O=C1C[C@@H](C(=O)N2CCO[C@@H](COCC3CC3)C2)CN1Cc1ccccn1. The van der Waals surface area contributed by atoms with Crippen LogP contribution in [-0.2, 0) is 25.6 Å². The molecule has 2 atom stereocenters. The third-order valence-corrected chi connectivity index (χ3v) is 5.45. The van der Waals surface area contributed by atoms with Crippen LogP contribution in [0.3, 0.4) is 0 Å². The van der Waals surface area contributed by atoms with Gasteiger partial charge in [-0.1, -0.05) is 6.07 Å². The molecule has 2 saturated heterocycles. The van der Waals surface area contributed by atoms with Crippen molar-refractivity contribution in [1.29, 1.82) is 0 Å². The minimum Gasteiger partial charge on any atom is -0.378 e. The van der Waals surface area contributed by atoms with Crippen LogP contribution < -0.4 is 0 Å². The van der Waals surface area contributed by atoms with Gasteiger partial charge in [0.15, 0.2) is 0 Å². The summed E-state index contributed by atoms with van der Waals surface area (Å²) < 4.78 is 11.5. The number of hydrogen-bond acceptors (Lipinski definition) is 5. The van der Waals surface area contributed by atoms with Gasteiger partial charge in [-0.2, -0.15) is 0 Å². The molecule has 1 aromatic rings. The fourth-order valence-electron chi connectivity index (χ4n) is 3.71. The number of carbonyl (C=O) groups excluding carboxylic acids is 2. The fourth-order valence-corrected chi connectivity index (χ4v) is 3.71. The highest BCUT2D eigenvalue weighted by Gasteiger charge is 2.38. The molecule has 7 nitrogen and oxygen atoms in total. The van der Waals surface area contributed by atoms with E-state index in [-0.39, 0.29) is 30.3 Å². The van der Waals surface area contributed by atoms with E-state index in [1.54, 1.807) is 11.1 Å². The smallest absolute Gasteiger partial charge is 0.228 e. The molecule has 0 N–H and O–H groups in total. The molecule has 1 aliphatic carbocycles. The highest BCUT2D eigenvalue weighted by Crippen LogP contribution is 2.29. The Morgan fingerprint density at radius 2 is 2.15 bits per heavy atom. The quantitative estimate of drug-likeness (QED) is 0.715. The fraction of sp³-hybridized carbons (Fsp3) is 0.650. The maximum atomic E-state index is 12.9. The van der Waals surface area contributed by atoms with Crippen LogP contribution in [0, 0.1) is 11.8 Å². The molecule has 146 valence electrons. The highest BCUT2D eigenvalue weighted by atomic mass is 16.5. The summed E-state index contributed by atoms with van der Waals surface area (Å²) in [5.74, 6) is 0.534. The van der Waals surface area contributed by atoms with Gasteiger partial charge in [0.05, 0.1) is 37.5 Å². The first-order valence-corrected chi connectivity index (χ1v) is 9.85. The van der Waals surface area contributed by atoms with E-state index >= 15 is 0 Å². The van der Waals surface area contributed by atoms with Crippen molar-refractivity contribution in [3.63, 3.8) is 0 Å². The summed E-state index contributed by atoms with van der Waals surface area (Å²) in [7, 11) is 0. The topological polar surface area (TPSA) is 72.0 Å². The first-order chi connectivity index (χ1) is 13.2. The molecule has 0 unspecified atom stereocenters. The van der Waals surface area contributed by atoms with Crippen LogP contribution in [-0.4, -0.2) is 72.2 Å². The molecule has 3 fully saturated rings. The van der Waals surface area contributed by atoms with Crippen LogP contribution in [0.2, 0.25) is 0 Å². The van der Waals surface area contributed by atoms with E-state index in [0.717, 1.165) is 18.2 Å². The van der Waals surface area contributed by atoms with Crippen molar-refractivity contribution in [2.75, 3.05) is 39.5 Å². The number of hydrogen-bond donors (Lipinski definition) is 0. The zero-order chi connectivity index (χ0) is 18.6. The van der Waals surface area contributed by atoms with Crippen molar-refractivity contribution >= 4 is 11.8 Å². The summed E-state index contributed by atoms with van der Waals surface area (Å²) in [4.78, 5) is 33.1. The Morgan fingerprint density at radius 3 is 2.93 bits per heavy atom. The van der Waals surface area contributed by atoms with Crippen molar-refractivity contribution in [3.8, 4) is 0 Å². The van der Waals surface area contributed by atoms with Crippen molar-refractivity contribution in [2.24, 2.45) is 11.8 Å². The number of morpholine rings is 1. The maximum Gasteiger partial charge on any atom is 0.228 e. The minimum absolute atomic E-state index is 0.0246. The highest BCUT2D eigenvalue weighted by molar-refractivity contribution is 5.89. The van der Waals surface area contributed by atoms with Crippen molar-refractivity contribution in [1.82, 2.24) is 14.8 Å². The predicted molar refractivity (Wildman–Crippen MR) is 97.6 cm³/mol. The number of ether oxygens (including phenoxy) is 2. The first kappa shape index (κ1) is 18.4. The predicted octanol–water partition coefficient (Wildman–Crippen LogP) is 1.08. The van der Waals surface area contributed by atoms with Gasteiger partial charge in [-0.25, -0.2) is 0 Å². The largest absolute Gasteiger partial charge is 0.378 e. The summed E-state index contributed by atoms with van der Waals surface area (Å²) in [5.41, 5.74) is 0.846. The number of pyridine rings is 1. The van der Waals surface area contributed by atoms with Crippen molar-refractivity contribution < 1.29 is 19.1 Å². The van der Waals surface area contributed by atoms with Crippen molar-refractivity contribution in [3.05, 3.63) is 30.1 Å². The summed E-state index contributed by atoms with van der Waals surface area (Å²) in [5, 5.41) is 0. The van der Waals surface area contributed by atoms with E-state index in [0.29, 0.717) is 39.4 Å². The summed E-state index contributed by atoms with van der Waals surface area (Å²) in [6.45, 7) is 3.93. The van der Waals surface area contributed by atoms with Crippen molar-refractivity contribution in [2.45, 2.75) is 31.9 Å². The lowest BCUT2D eigenvalue weighted by atomic mass is 10.1. The molecule has 0 aromatic carbocycles. The van der Waals surface area contributed by atoms with E-state index in [9.17, 15) is 9.59 Å². The normalized spacial score (nSPS) is 25.9. The van der Waals surface area contributed by atoms with E-state index in [1.807, 2.05) is 23.1 Å². The Morgan fingerprint density at radius 1 is 1.26 bits per heavy atom. The van der Waals surface area contributed by atoms with Gasteiger partial charge in [0, 0.05) is 38.9 Å². The maximum absolute atomic E-state index is 12.9. The lowest BCUT2D eigenvalue weighted by molar-refractivity contribution is -0.145. The Kier molecular flexibility index (Phi) is 5.69. The molecule has 3 heterocycles. The molecule has 0 bridgehead atoms. The Hall–Kier alpha value is -1.99. The monoisotopic (exact) mass is 373 g/mol. The molecule has 3 aliphatic rings.